The molecule has 1 saturated heterocycles. The number of rotatable bonds is 3. The highest BCUT2D eigenvalue weighted by Gasteiger charge is 2.20. The Bertz CT molecular complexity index is 324. The van der Waals surface area contributed by atoms with E-state index in [1.165, 1.54) is 24.9 Å². The van der Waals surface area contributed by atoms with Crippen LogP contribution in [0, 0.1) is 0 Å². The molecule has 2 heterocycles. The highest BCUT2D eigenvalue weighted by atomic mass is 15.2. The summed E-state index contributed by atoms with van der Waals surface area (Å²) in [6, 6.07) is 4.84. The van der Waals surface area contributed by atoms with Crippen LogP contribution in [0.2, 0.25) is 0 Å². The van der Waals surface area contributed by atoms with Crippen molar-refractivity contribution in [1.29, 1.82) is 0 Å². The third kappa shape index (κ3) is 2.36. The Kier molecular flexibility index (Phi) is 3.34. The zero-order chi connectivity index (χ0) is 10.7. The fourth-order valence-electron chi connectivity index (χ4n) is 2.25. The third-order valence-electron chi connectivity index (χ3n) is 3.24. The molecule has 1 aliphatic rings. The summed E-state index contributed by atoms with van der Waals surface area (Å²) in [6.07, 6.45) is 4.46. The van der Waals surface area contributed by atoms with Crippen molar-refractivity contribution in [3.05, 3.63) is 29.6 Å². The van der Waals surface area contributed by atoms with Gasteiger partial charge in [0.25, 0.3) is 0 Å². The number of pyridine rings is 1. The molecule has 3 nitrogen and oxygen atoms in total. The third-order valence-corrected chi connectivity index (χ3v) is 3.24. The van der Waals surface area contributed by atoms with Gasteiger partial charge < -0.3 is 5.73 Å². The Morgan fingerprint density at radius 3 is 3.13 bits per heavy atom. The lowest BCUT2D eigenvalue weighted by Crippen LogP contribution is -2.27. The fraction of sp³-hybridized carbons (Fsp3) is 0.583. The van der Waals surface area contributed by atoms with E-state index in [9.17, 15) is 0 Å². The molecule has 0 saturated carbocycles. The Morgan fingerprint density at radius 2 is 2.47 bits per heavy atom. The van der Waals surface area contributed by atoms with E-state index in [4.69, 9.17) is 5.73 Å². The molecule has 0 aliphatic carbocycles. The van der Waals surface area contributed by atoms with Crippen molar-refractivity contribution in [2.24, 2.45) is 5.73 Å². The predicted molar refractivity (Wildman–Crippen MR) is 61.2 cm³/mol. The van der Waals surface area contributed by atoms with Gasteiger partial charge >= 0.3 is 0 Å². The molecule has 1 aromatic rings. The highest BCUT2D eigenvalue weighted by molar-refractivity contribution is 5.19. The predicted octanol–water partition coefficient (Wildman–Crippen LogP) is 1.52. The molecular formula is C12H19N3. The number of hydrogen-bond donors (Lipinski definition) is 1. The van der Waals surface area contributed by atoms with Crippen molar-refractivity contribution in [3.63, 3.8) is 0 Å². The molecule has 82 valence electrons. The second kappa shape index (κ2) is 4.73. The summed E-state index contributed by atoms with van der Waals surface area (Å²) in [7, 11) is 0. The Hall–Kier alpha value is -0.930. The minimum atomic E-state index is 0.540. The van der Waals surface area contributed by atoms with Crippen molar-refractivity contribution < 1.29 is 0 Å². The van der Waals surface area contributed by atoms with Crippen LogP contribution in [0.15, 0.2) is 18.3 Å². The van der Waals surface area contributed by atoms with E-state index in [1.54, 1.807) is 0 Å². The lowest BCUT2D eigenvalue weighted by molar-refractivity contribution is 0.259. The van der Waals surface area contributed by atoms with Gasteiger partial charge in [0, 0.05) is 25.3 Å². The normalized spacial score (nSPS) is 22.1. The number of likely N-dealkylation sites (tertiary alicyclic amines) is 1. The van der Waals surface area contributed by atoms with Gasteiger partial charge in [0.1, 0.15) is 0 Å². The van der Waals surface area contributed by atoms with Crippen LogP contribution in [0.3, 0.4) is 0 Å². The van der Waals surface area contributed by atoms with Gasteiger partial charge in [-0.05, 0) is 37.9 Å². The average molecular weight is 205 g/mol. The standard InChI is InChI=1S/C12H19N3/c1-10-4-3-7-15(10)9-11-5-2-6-14-12(11)8-13/h2,5-6,10H,3-4,7-9,13H2,1H3. The molecule has 1 atom stereocenters. The summed E-state index contributed by atoms with van der Waals surface area (Å²) in [4.78, 5) is 6.82. The molecule has 2 rings (SSSR count). The topological polar surface area (TPSA) is 42.2 Å². The first-order valence-corrected chi connectivity index (χ1v) is 5.68. The van der Waals surface area contributed by atoms with Gasteiger partial charge in [-0.3, -0.25) is 9.88 Å². The van der Waals surface area contributed by atoms with E-state index < -0.39 is 0 Å². The number of nitrogens with zero attached hydrogens (tertiary/aromatic N) is 2. The van der Waals surface area contributed by atoms with Crippen LogP contribution < -0.4 is 5.73 Å². The largest absolute Gasteiger partial charge is 0.325 e. The fourth-order valence-corrected chi connectivity index (χ4v) is 2.25. The van der Waals surface area contributed by atoms with Crippen molar-refractivity contribution >= 4 is 0 Å². The van der Waals surface area contributed by atoms with E-state index in [2.05, 4.69) is 22.9 Å². The smallest absolute Gasteiger partial charge is 0.0584 e. The molecule has 3 heteroatoms. The monoisotopic (exact) mass is 205 g/mol. The zero-order valence-electron chi connectivity index (χ0n) is 9.32. The van der Waals surface area contributed by atoms with Crippen molar-refractivity contribution in [3.8, 4) is 0 Å². The lowest BCUT2D eigenvalue weighted by atomic mass is 10.1. The molecule has 1 fully saturated rings. The van der Waals surface area contributed by atoms with Crippen LogP contribution in [0.25, 0.3) is 0 Å². The molecule has 2 N–H and O–H groups in total. The van der Waals surface area contributed by atoms with Gasteiger partial charge in [0.15, 0.2) is 0 Å². The molecule has 1 unspecified atom stereocenters. The van der Waals surface area contributed by atoms with E-state index in [0.717, 1.165) is 12.2 Å². The Morgan fingerprint density at radius 1 is 1.60 bits per heavy atom. The van der Waals surface area contributed by atoms with Crippen molar-refractivity contribution in [1.82, 2.24) is 9.88 Å². The molecule has 0 radical (unpaired) electrons. The maximum absolute atomic E-state index is 5.68. The van der Waals surface area contributed by atoms with E-state index in [1.807, 2.05) is 12.3 Å². The maximum Gasteiger partial charge on any atom is 0.0584 e. The van der Waals surface area contributed by atoms with Gasteiger partial charge in [0.05, 0.1) is 5.69 Å². The van der Waals surface area contributed by atoms with Gasteiger partial charge in [-0.2, -0.15) is 0 Å². The van der Waals surface area contributed by atoms with E-state index in [-0.39, 0.29) is 0 Å². The SMILES string of the molecule is CC1CCCN1Cc1cccnc1CN. The zero-order valence-corrected chi connectivity index (χ0v) is 9.32. The first kappa shape index (κ1) is 10.6. The Balaban J connectivity index is 2.09. The van der Waals surface area contributed by atoms with Crippen LogP contribution in [-0.4, -0.2) is 22.5 Å². The summed E-state index contributed by atoms with van der Waals surface area (Å²) in [5, 5.41) is 0. The molecule has 0 spiro atoms. The summed E-state index contributed by atoms with van der Waals surface area (Å²) < 4.78 is 0. The van der Waals surface area contributed by atoms with Crippen LogP contribution >= 0.6 is 0 Å². The molecule has 0 bridgehead atoms. The minimum Gasteiger partial charge on any atom is -0.325 e. The van der Waals surface area contributed by atoms with Crippen LogP contribution in [-0.2, 0) is 13.1 Å². The lowest BCUT2D eigenvalue weighted by Gasteiger charge is -2.21. The molecular weight excluding hydrogens is 186 g/mol. The quantitative estimate of drug-likeness (QED) is 0.813. The molecule has 1 aromatic heterocycles. The van der Waals surface area contributed by atoms with Crippen molar-refractivity contribution in [2.45, 2.75) is 38.9 Å². The van der Waals surface area contributed by atoms with Crippen LogP contribution in [0.1, 0.15) is 31.0 Å². The maximum atomic E-state index is 5.68. The first-order chi connectivity index (χ1) is 7.31. The molecule has 0 amide bonds. The van der Waals surface area contributed by atoms with Crippen molar-refractivity contribution in [2.75, 3.05) is 6.54 Å². The van der Waals surface area contributed by atoms with Gasteiger partial charge in [0.2, 0.25) is 0 Å². The second-order valence-electron chi connectivity index (χ2n) is 4.28. The number of nitrogens with two attached hydrogens (primary N) is 1. The molecule has 0 aromatic carbocycles. The van der Waals surface area contributed by atoms with Gasteiger partial charge in [-0.1, -0.05) is 6.07 Å². The molecule has 15 heavy (non-hydrogen) atoms. The summed E-state index contributed by atoms with van der Waals surface area (Å²) >= 11 is 0. The highest BCUT2D eigenvalue weighted by Crippen LogP contribution is 2.20. The van der Waals surface area contributed by atoms with E-state index in [0.29, 0.717) is 12.6 Å². The number of hydrogen-bond acceptors (Lipinski definition) is 3. The van der Waals surface area contributed by atoms with Gasteiger partial charge in [-0.15, -0.1) is 0 Å². The molecule has 1 aliphatic heterocycles. The average Bonchev–Trinajstić information content (AvgIpc) is 2.65. The minimum absolute atomic E-state index is 0.540. The van der Waals surface area contributed by atoms with E-state index >= 15 is 0 Å². The first-order valence-electron chi connectivity index (χ1n) is 5.68. The second-order valence-corrected chi connectivity index (χ2v) is 4.28. The van der Waals surface area contributed by atoms with Crippen LogP contribution in [0.5, 0.6) is 0 Å². The van der Waals surface area contributed by atoms with Crippen LogP contribution in [0.4, 0.5) is 0 Å². The summed E-state index contributed by atoms with van der Waals surface area (Å²) in [5.74, 6) is 0. The Labute approximate surface area is 91.3 Å². The van der Waals surface area contributed by atoms with Gasteiger partial charge in [-0.25, -0.2) is 0 Å². The summed E-state index contributed by atoms with van der Waals surface area (Å²) in [6.45, 7) is 5.05. The number of aromatic nitrogens is 1. The summed E-state index contributed by atoms with van der Waals surface area (Å²) in [5.41, 5.74) is 8.00.